The summed E-state index contributed by atoms with van der Waals surface area (Å²) in [5.74, 6) is -0.258. The van der Waals surface area contributed by atoms with Gasteiger partial charge in [0, 0.05) is 19.2 Å². The minimum Gasteiger partial charge on any atom is -0.339 e. The first kappa shape index (κ1) is 20.8. The minimum atomic E-state index is -0.246. The van der Waals surface area contributed by atoms with Crippen molar-refractivity contribution in [2.24, 2.45) is 0 Å². The summed E-state index contributed by atoms with van der Waals surface area (Å²) >= 11 is 0. The van der Waals surface area contributed by atoms with Gasteiger partial charge in [0.15, 0.2) is 0 Å². The van der Waals surface area contributed by atoms with Gasteiger partial charge in [0.2, 0.25) is 5.91 Å². The third kappa shape index (κ3) is 5.57. The molecule has 0 spiro atoms. The zero-order valence-electron chi connectivity index (χ0n) is 17.6. The number of hydrogen-bond donors (Lipinski definition) is 1. The van der Waals surface area contributed by atoms with Gasteiger partial charge in [0.25, 0.3) is 5.91 Å². The molecule has 2 aromatic carbocycles. The topological polar surface area (TPSA) is 49.4 Å². The Morgan fingerprint density at radius 2 is 1.59 bits per heavy atom. The predicted molar refractivity (Wildman–Crippen MR) is 119 cm³/mol. The van der Waals surface area contributed by atoms with E-state index in [1.54, 1.807) is 18.2 Å². The maximum Gasteiger partial charge on any atom is 0.255 e. The van der Waals surface area contributed by atoms with Gasteiger partial charge in [-0.2, -0.15) is 0 Å². The highest BCUT2D eigenvalue weighted by Crippen LogP contribution is 2.23. The number of nitrogens with one attached hydrogen (secondary N) is 1. The average Bonchev–Trinajstić information content (AvgIpc) is 2.72. The molecule has 0 aliphatic carbocycles. The molecule has 29 heavy (non-hydrogen) atoms. The monoisotopic (exact) mass is 390 g/mol. The fraction of sp³-hybridized carbons (Fsp3) is 0.360. The Morgan fingerprint density at radius 3 is 2.24 bits per heavy atom. The zero-order valence-corrected chi connectivity index (χ0v) is 17.6. The Kier molecular flexibility index (Phi) is 6.53. The highest BCUT2D eigenvalue weighted by molar-refractivity contribution is 6.07. The second kappa shape index (κ2) is 9.08. The summed E-state index contributed by atoms with van der Waals surface area (Å²) in [6, 6.07) is 15.4. The molecule has 0 atom stereocenters. The van der Waals surface area contributed by atoms with Crippen LogP contribution in [0.5, 0.6) is 0 Å². The molecule has 152 valence electrons. The number of anilines is 1. The number of hydrogen-bond acceptors (Lipinski definition) is 2. The standard InChI is InChI=1S/C25H30N2O2/c1-25(2,3)20-14-11-19(12-15-20)13-16-23(28)26-22-10-6-5-9-21(22)24(29)27-17-7-4-8-18-27/h5-6,9-16H,4,7-8,17-18H2,1-3H3,(H,26,28)/b16-13+. The number of benzene rings is 2. The van der Waals surface area contributed by atoms with E-state index in [1.165, 1.54) is 18.1 Å². The van der Waals surface area contributed by atoms with Gasteiger partial charge < -0.3 is 10.2 Å². The molecule has 0 unspecified atom stereocenters. The molecule has 1 heterocycles. The summed E-state index contributed by atoms with van der Waals surface area (Å²) in [7, 11) is 0. The van der Waals surface area contributed by atoms with Crippen LogP contribution in [0.2, 0.25) is 0 Å². The summed E-state index contributed by atoms with van der Waals surface area (Å²) in [6.07, 6.45) is 6.54. The van der Waals surface area contributed by atoms with Crippen molar-refractivity contribution >= 4 is 23.6 Å². The lowest BCUT2D eigenvalue weighted by atomic mass is 9.87. The minimum absolute atomic E-state index is 0.0117. The van der Waals surface area contributed by atoms with Gasteiger partial charge >= 0.3 is 0 Å². The van der Waals surface area contributed by atoms with Crippen LogP contribution in [-0.4, -0.2) is 29.8 Å². The van der Waals surface area contributed by atoms with Crippen LogP contribution in [0.4, 0.5) is 5.69 Å². The van der Waals surface area contributed by atoms with Crippen LogP contribution in [0.25, 0.3) is 6.08 Å². The number of carbonyl (C=O) groups excluding carboxylic acids is 2. The summed E-state index contributed by atoms with van der Waals surface area (Å²) in [6.45, 7) is 8.09. The van der Waals surface area contributed by atoms with E-state index < -0.39 is 0 Å². The van der Waals surface area contributed by atoms with E-state index in [2.05, 4.69) is 38.2 Å². The van der Waals surface area contributed by atoms with Crippen LogP contribution in [0.3, 0.4) is 0 Å². The van der Waals surface area contributed by atoms with Gasteiger partial charge in [-0.25, -0.2) is 0 Å². The third-order valence-electron chi connectivity index (χ3n) is 5.26. The second-order valence-corrected chi connectivity index (χ2v) is 8.59. The molecule has 1 N–H and O–H groups in total. The highest BCUT2D eigenvalue weighted by Gasteiger charge is 2.21. The summed E-state index contributed by atoms with van der Waals surface area (Å²) in [5.41, 5.74) is 3.42. The fourth-order valence-electron chi connectivity index (χ4n) is 3.49. The predicted octanol–water partition coefficient (Wildman–Crippen LogP) is 5.26. The van der Waals surface area contributed by atoms with Crippen LogP contribution in [0.1, 0.15) is 61.5 Å². The number of likely N-dealkylation sites (tertiary alicyclic amines) is 1. The lowest BCUT2D eigenvalue weighted by Gasteiger charge is -2.27. The molecule has 0 bridgehead atoms. The summed E-state index contributed by atoms with van der Waals surface area (Å²) in [5, 5.41) is 2.86. The Bertz CT molecular complexity index is 886. The van der Waals surface area contributed by atoms with E-state index in [4.69, 9.17) is 0 Å². The Balaban J connectivity index is 1.68. The van der Waals surface area contributed by atoms with E-state index >= 15 is 0 Å². The molecule has 1 aliphatic heterocycles. The molecular formula is C25H30N2O2. The van der Waals surface area contributed by atoms with Crippen molar-refractivity contribution in [3.8, 4) is 0 Å². The van der Waals surface area contributed by atoms with E-state index in [1.807, 2.05) is 29.2 Å². The quantitative estimate of drug-likeness (QED) is 0.724. The van der Waals surface area contributed by atoms with E-state index in [0.717, 1.165) is 31.5 Å². The number of amides is 2. The molecule has 2 amide bonds. The maximum absolute atomic E-state index is 12.9. The first-order valence-electron chi connectivity index (χ1n) is 10.3. The van der Waals surface area contributed by atoms with Gasteiger partial charge in [-0.3, -0.25) is 9.59 Å². The molecule has 1 aliphatic rings. The van der Waals surface area contributed by atoms with E-state index in [9.17, 15) is 9.59 Å². The van der Waals surface area contributed by atoms with Gasteiger partial charge in [0.1, 0.15) is 0 Å². The first-order valence-corrected chi connectivity index (χ1v) is 10.3. The molecule has 2 aromatic rings. The summed E-state index contributed by atoms with van der Waals surface area (Å²) < 4.78 is 0. The molecule has 4 heteroatoms. The first-order chi connectivity index (χ1) is 13.8. The van der Waals surface area contributed by atoms with Crippen LogP contribution in [0, 0.1) is 0 Å². The zero-order chi connectivity index (χ0) is 20.9. The Labute approximate surface area is 173 Å². The van der Waals surface area contributed by atoms with Crippen molar-refractivity contribution in [2.45, 2.75) is 45.4 Å². The lowest BCUT2D eigenvalue weighted by Crippen LogP contribution is -2.36. The molecule has 4 nitrogen and oxygen atoms in total. The molecule has 1 fully saturated rings. The summed E-state index contributed by atoms with van der Waals surface area (Å²) in [4.78, 5) is 27.2. The molecule has 1 saturated heterocycles. The van der Waals surface area contributed by atoms with E-state index in [0.29, 0.717) is 11.3 Å². The van der Waals surface area contributed by atoms with E-state index in [-0.39, 0.29) is 17.2 Å². The largest absolute Gasteiger partial charge is 0.339 e. The van der Waals surface area contributed by atoms with Crippen molar-refractivity contribution < 1.29 is 9.59 Å². The molecular weight excluding hydrogens is 360 g/mol. The van der Waals surface area contributed by atoms with Crippen LogP contribution in [0.15, 0.2) is 54.6 Å². The number of nitrogens with zero attached hydrogens (tertiary/aromatic N) is 1. The van der Waals surface area contributed by atoms with Crippen LogP contribution in [-0.2, 0) is 10.2 Å². The Hall–Kier alpha value is -2.88. The third-order valence-corrected chi connectivity index (χ3v) is 5.26. The number of rotatable bonds is 4. The van der Waals surface area contributed by atoms with Crippen LogP contribution < -0.4 is 5.32 Å². The van der Waals surface area contributed by atoms with Gasteiger partial charge in [-0.05, 0) is 54.0 Å². The lowest BCUT2D eigenvalue weighted by molar-refractivity contribution is -0.111. The smallest absolute Gasteiger partial charge is 0.255 e. The highest BCUT2D eigenvalue weighted by atomic mass is 16.2. The molecule has 0 saturated carbocycles. The normalized spacial score (nSPS) is 14.8. The molecule has 0 radical (unpaired) electrons. The fourth-order valence-corrected chi connectivity index (χ4v) is 3.49. The Morgan fingerprint density at radius 1 is 0.931 bits per heavy atom. The molecule has 3 rings (SSSR count). The van der Waals surface area contributed by atoms with Crippen molar-refractivity contribution in [1.29, 1.82) is 0 Å². The number of carbonyl (C=O) groups is 2. The number of piperidine rings is 1. The van der Waals surface area contributed by atoms with Gasteiger partial charge in [-0.15, -0.1) is 0 Å². The van der Waals surface area contributed by atoms with Crippen molar-refractivity contribution in [3.63, 3.8) is 0 Å². The maximum atomic E-state index is 12.9. The number of para-hydroxylation sites is 1. The van der Waals surface area contributed by atoms with Gasteiger partial charge in [-0.1, -0.05) is 57.2 Å². The van der Waals surface area contributed by atoms with Crippen molar-refractivity contribution in [3.05, 3.63) is 71.3 Å². The molecule has 0 aromatic heterocycles. The van der Waals surface area contributed by atoms with Crippen LogP contribution >= 0.6 is 0 Å². The second-order valence-electron chi connectivity index (χ2n) is 8.59. The average molecular weight is 391 g/mol. The SMILES string of the molecule is CC(C)(C)c1ccc(/C=C/C(=O)Nc2ccccc2C(=O)N2CCCCC2)cc1. The van der Waals surface area contributed by atoms with Crippen molar-refractivity contribution in [2.75, 3.05) is 18.4 Å². The van der Waals surface area contributed by atoms with Crippen molar-refractivity contribution in [1.82, 2.24) is 4.90 Å². The van der Waals surface area contributed by atoms with Gasteiger partial charge in [0.05, 0.1) is 11.3 Å².